The van der Waals surface area contributed by atoms with Crippen molar-refractivity contribution in [3.63, 3.8) is 0 Å². The number of fused-ring (bicyclic) bond motifs is 3. The van der Waals surface area contributed by atoms with Gasteiger partial charge in [0.1, 0.15) is 22.0 Å². The van der Waals surface area contributed by atoms with Crippen LogP contribution in [0.25, 0.3) is 16.3 Å². The summed E-state index contributed by atoms with van der Waals surface area (Å²) in [5.74, 6) is -0.482. The number of rotatable bonds is 4. The van der Waals surface area contributed by atoms with Gasteiger partial charge in [0.15, 0.2) is 5.82 Å². The molecular weight excluding hydrogens is 472 g/mol. The van der Waals surface area contributed by atoms with Gasteiger partial charge in [-0.25, -0.2) is 4.98 Å². The Hall–Kier alpha value is -3.43. The van der Waals surface area contributed by atoms with Crippen molar-refractivity contribution in [2.24, 2.45) is 10.9 Å². The highest BCUT2D eigenvalue weighted by atomic mass is 35.5. The van der Waals surface area contributed by atoms with E-state index in [4.69, 9.17) is 16.6 Å². The van der Waals surface area contributed by atoms with Gasteiger partial charge in [0.05, 0.1) is 29.7 Å². The van der Waals surface area contributed by atoms with Crippen LogP contribution in [0.3, 0.4) is 0 Å². The number of aryl methyl sites for hydroxylation is 2. The summed E-state index contributed by atoms with van der Waals surface area (Å²) < 4.78 is 1.95. The minimum atomic E-state index is -0.937. The lowest BCUT2D eigenvalue weighted by molar-refractivity contribution is -0.141. The molecule has 0 radical (unpaired) electrons. The van der Waals surface area contributed by atoms with E-state index in [-0.39, 0.29) is 0 Å². The fourth-order valence-corrected chi connectivity index (χ4v) is 5.46. The van der Waals surface area contributed by atoms with Crippen LogP contribution in [0.15, 0.2) is 41.7 Å². The molecule has 1 unspecified atom stereocenters. The summed E-state index contributed by atoms with van der Waals surface area (Å²) in [5.41, 5.74) is 5.23. The van der Waals surface area contributed by atoms with Crippen molar-refractivity contribution < 1.29 is 9.90 Å². The zero-order chi connectivity index (χ0) is 24.1. The van der Waals surface area contributed by atoms with E-state index in [1.807, 2.05) is 35.8 Å². The van der Waals surface area contributed by atoms with Gasteiger partial charge >= 0.3 is 5.97 Å². The number of carbonyl (C=O) groups is 1. The monoisotopic (exact) mass is 492 g/mol. The van der Waals surface area contributed by atoms with E-state index in [2.05, 4.69) is 34.0 Å². The van der Waals surface area contributed by atoms with Crippen molar-refractivity contribution in [1.29, 1.82) is 0 Å². The van der Waals surface area contributed by atoms with Gasteiger partial charge in [0, 0.05) is 21.6 Å². The molecule has 5 rings (SSSR count). The molecule has 1 aliphatic heterocycles. The van der Waals surface area contributed by atoms with E-state index in [0.29, 0.717) is 22.5 Å². The summed E-state index contributed by atoms with van der Waals surface area (Å²) in [6.07, 6.45) is 3.15. The van der Waals surface area contributed by atoms with Crippen molar-refractivity contribution in [1.82, 2.24) is 24.7 Å². The molecule has 0 aliphatic carbocycles. The van der Waals surface area contributed by atoms with Crippen LogP contribution >= 0.6 is 22.9 Å². The molecule has 10 heteroatoms. The molecule has 34 heavy (non-hydrogen) atoms. The summed E-state index contributed by atoms with van der Waals surface area (Å²) in [6.45, 7) is 7.67. The smallest absolute Gasteiger partial charge is 0.308 e. The molecule has 1 N–H and O–H groups in total. The number of nitrogens with zero attached hydrogens (tertiary/aromatic N) is 6. The van der Waals surface area contributed by atoms with Crippen LogP contribution in [0.4, 0.5) is 0 Å². The Kier molecular flexibility index (Phi) is 5.53. The van der Waals surface area contributed by atoms with Crippen LogP contribution in [0.5, 0.6) is 0 Å². The molecule has 0 fully saturated rings. The summed E-state index contributed by atoms with van der Waals surface area (Å²) in [6, 6.07) is 7.13. The number of aliphatic imine (C=N–C) groups is 1. The minimum Gasteiger partial charge on any atom is -0.481 e. The number of thiophene rings is 1. The Morgan fingerprint density at radius 1 is 1.12 bits per heavy atom. The summed E-state index contributed by atoms with van der Waals surface area (Å²) in [7, 11) is 0. The van der Waals surface area contributed by atoms with Gasteiger partial charge in [-0.1, -0.05) is 35.9 Å². The van der Waals surface area contributed by atoms with Gasteiger partial charge in [0.25, 0.3) is 0 Å². The molecule has 4 aromatic rings. The molecule has 1 aromatic carbocycles. The fourth-order valence-electron chi connectivity index (χ4n) is 4.10. The number of aliphatic carboxylic acids is 1. The Morgan fingerprint density at radius 2 is 1.82 bits per heavy atom. The molecule has 0 bridgehead atoms. The normalized spacial score (nSPS) is 15.8. The van der Waals surface area contributed by atoms with E-state index in [0.717, 1.165) is 37.8 Å². The van der Waals surface area contributed by atoms with Crippen LogP contribution in [0.2, 0.25) is 5.15 Å². The second-order valence-electron chi connectivity index (χ2n) is 8.26. The van der Waals surface area contributed by atoms with Crippen molar-refractivity contribution >= 4 is 34.6 Å². The number of carboxylic acids is 1. The number of carboxylic acid groups (broad SMARTS) is 1. The third-order valence-corrected chi connectivity index (χ3v) is 7.49. The van der Waals surface area contributed by atoms with Crippen LogP contribution in [-0.2, 0) is 4.79 Å². The standard InChI is InChI=1S/C24H21ClN6O2S/c1-11-13(3)34-23-19(11)21(16-7-5-15(6-8-16)17-9-26-10-18(25)27-17)28-20(12(2)24(32)33)22-30-29-14(4)31(22)23/h5-10,12,20H,1-4H3,(H,32,33)/t12?,20-/m0/s1. The third-order valence-electron chi connectivity index (χ3n) is 6.11. The number of hydrogen-bond acceptors (Lipinski definition) is 7. The average Bonchev–Trinajstić information content (AvgIpc) is 3.28. The topological polar surface area (TPSA) is 106 Å². The largest absolute Gasteiger partial charge is 0.481 e. The molecule has 3 aromatic heterocycles. The van der Waals surface area contributed by atoms with Gasteiger partial charge in [0.2, 0.25) is 0 Å². The number of hydrogen-bond donors (Lipinski definition) is 1. The molecule has 4 heterocycles. The molecule has 172 valence electrons. The molecule has 2 atom stereocenters. The first-order chi connectivity index (χ1) is 16.3. The minimum absolute atomic E-state index is 0.327. The van der Waals surface area contributed by atoms with Gasteiger partial charge in [-0.15, -0.1) is 21.5 Å². The molecular formula is C24H21ClN6O2S. The number of halogens is 1. The van der Waals surface area contributed by atoms with E-state index >= 15 is 0 Å². The molecule has 0 spiro atoms. The van der Waals surface area contributed by atoms with Crippen LogP contribution in [-0.4, -0.2) is 41.5 Å². The van der Waals surface area contributed by atoms with E-state index in [1.54, 1.807) is 24.5 Å². The van der Waals surface area contributed by atoms with Crippen molar-refractivity contribution in [3.8, 4) is 16.3 Å². The second kappa shape index (κ2) is 8.41. The first-order valence-corrected chi connectivity index (χ1v) is 11.9. The molecule has 0 amide bonds. The Bertz CT molecular complexity index is 1460. The Labute approximate surface area is 205 Å². The lowest BCUT2D eigenvalue weighted by atomic mass is 9.97. The average molecular weight is 493 g/mol. The van der Waals surface area contributed by atoms with Gasteiger partial charge in [-0.2, -0.15) is 0 Å². The fraction of sp³-hybridized carbons (Fsp3) is 0.250. The van der Waals surface area contributed by atoms with Crippen molar-refractivity contribution in [3.05, 3.63) is 75.0 Å². The SMILES string of the molecule is Cc1sc2c(c1C)C(c1ccc(-c3cncc(Cl)n3)cc1)=N[C@@H](C(C)C(=O)O)c1nnc(C)n1-2. The van der Waals surface area contributed by atoms with Crippen LogP contribution in [0.1, 0.15) is 46.2 Å². The third kappa shape index (κ3) is 3.61. The second-order valence-corrected chi connectivity index (χ2v) is 9.85. The van der Waals surface area contributed by atoms with Crippen LogP contribution in [0, 0.1) is 26.7 Å². The van der Waals surface area contributed by atoms with E-state index < -0.39 is 17.9 Å². The van der Waals surface area contributed by atoms with Gasteiger partial charge < -0.3 is 5.11 Å². The van der Waals surface area contributed by atoms with Crippen molar-refractivity contribution in [2.45, 2.75) is 33.7 Å². The summed E-state index contributed by atoms with van der Waals surface area (Å²) >= 11 is 7.64. The molecule has 0 saturated heterocycles. The molecule has 1 aliphatic rings. The first kappa shape index (κ1) is 22.4. The number of benzene rings is 1. The lowest BCUT2D eigenvalue weighted by Gasteiger charge is -2.16. The highest BCUT2D eigenvalue weighted by Gasteiger charge is 2.36. The Balaban J connectivity index is 1.71. The quantitative estimate of drug-likeness (QED) is 0.430. The van der Waals surface area contributed by atoms with Crippen LogP contribution < -0.4 is 0 Å². The number of aromatic nitrogens is 5. The first-order valence-electron chi connectivity index (χ1n) is 10.7. The summed E-state index contributed by atoms with van der Waals surface area (Å²) in [4.78, 5) is 26.6. The maximum Gasteiger partial charge on any atom is 0.308 e. The zero-order valence-corrected chi connectivity index (χ0v) is 20.5. The lowest BCUT2D eigenvalue weighted by Crippen LogP contribution is -2.21. The maximum atomic E-state index is 12.0. The van der Waals surface area contributed by atoms with E-state index in [1.165, 1.54) is 6.20 Å². The maximum absolute atomic E-state index is 12.0. The van der Waals surface area contributed by atoms with Crippen molar-refractivity contribution in [2.75, 3.05) is 0 Å². The van der Waals surface area contributed by atoms with E-state index in [9.17, 15) is 9.90 Å². The van der Waals surface area contributed by atoms with Gasteiger partial charge in [-0.05, 0) is 33.3 Å². The summed E-state index contributed by atoms with van der Waals surface area (Å²) in [5, 5.41) is 19.7. The molecule has 8 nitrogen and oxygen atoms in total. The Morgan fingerprint density at radius 3 is 2.50 bits per heavy atom. The highest BCUT2D eigenvalue weighted by Crippen LogP contribution is 2.40. The van der Waals surface area contributed by atoms with Gasteiger partial charge in [-0.3, -0.25) is 19.3 Å². The molecule has 0 saturated carbocycles. The zero-order valence-electron chi connectivity index (χ0n) is 18.9. The highest BCUT2D eigenvalue weighted by molar-refractivity contribution is 7.15. The predicted octanol–water partition coefficient (Wildman–Crippen LogP) is 4.98. The predicted molar refractivity (Wildman–Crippen MR) is 131 cm³/mol.